The van der Waals surface area contributed by atoms with Gasteiger partial charge in [-0.1, -0.05) is 6.07 Å². The molecular formula is C19H21NO5. The van der Waals surface area contributed by atoms with Crippen molar-refractivity contribution in [1.29, 1.82) is 0 Å². The smallest absolute Gasteiger partial charge is 0.303 e. The number of carbonyl (C=O) groups excluding carboxylic acids is 2. The molecule has 2 aliphatic heterocycles. The van der Waals surface area contributed by atoms with Crippen LogP contribution in [0.4, 0.5) is 0 Å². The van der Waals surface area contributed by atoms with Crippen LogP contribution in [0.2, 0.25) is 0 Å². The molecule has 4 aliphatic rings. The van der Waals surface area contributed by atoms with Gasteiger partial charge in [0.15, 0.2) is 23.4 Å². The quantitative estimate of drug-likeness (QED) is 0.816. The van der Waals surface area contributed by atoms with Crippen molar-refractivity contribution in [3.05, 3.63) is 23.3 Å². The molecule has 5 rings (SSSR count). The number of piperidine rings is 1. The molecule has 132 valence electrons. The number of rotatable bonds is 2. The first-order chi connectivity index (χ1) is 12.0. The second-order valence-corrected chi connectivity index (χ2v) is 7.51. The van der Waals surface area contributed by atoms with Crippen molar-refractivity contribution in [2.75, 3.05) is 13.7 Å². The molecule has 1 N–H and O–H groups in total. The van der Waals surface area contributed by atoms with Gasteiger partial charge in [-0.25, -0.2) is 0 Å². The molecule has 6 nitrogen and oxygen atoms in total. The Hall–Kier alpha value is -2.08. The Balaban J connectivity index is 1.84. The zero-order chi connectivity index (χ0) is 17.4. The highest BCUT2D eigenvalue weighted by Gasteiger charge is 2.74. The maximum absolute atomic E-state index is 12.8. The van der Waals surface area contributed by atoms with E-state index in [9.17, 15) is 9.59 Å². The minimum absolute atomic E-state index is 0.00352. The van der Waals surface area contributed by atoms with E-state index in [0.717, 1.165) is 24.1 Å². The first-order valence-corrected chi connectivity index (χ1v) is 8.86. The molecule has 0 radical (unpaired) electrons. The Labute approximate surface area is 145 Å². The average Bonchev–Trinajstić information content (AvgIpc) is 2.92. The maximum atomic E-state index is 12.8. The summed E-state index contributed by atoms with van der Waals surface area (Å²) in [4.78, 5) is 24.9. The highest BCUT2D eigenvalue weighted by Crippen LogP contribution is 2.64. The number of ketones is 1. The first-order valence-electron chi connectivity index (χ1n) is 8.86. The van der Waals surface area contributed by atoms with Gasteiger partial charge >= 0.3 is 5.97 Å². The number of benzene rings is 1. The van der Waals surface area contributed by atoms with Crippen molar-refractivity contribution in [1.82, 2.24) is 5.32 Å². The van der Waals surface area contributed by atoms with Crippen molar-refractivity contribution >= 4 is 11.8 Å². The Kier molecular flexibility index (Phi) is 2.89. The molecule has 6 heteroatoms. The van der Waals surface area contributed by atoms with E-state index in [1.807, 2.05) is 6.07 Å². The van der Waals surface area contributed by atoms with E-state index in [1.54, 1.807) is 7.11 Å². The van der Waals surface area contributed by atoms with Crippen molar-refractivity contribution in [3.8, 4) is 11.5 Å². The van der Waals surface area contributed by atoms with Crippen LogP contribution >= 0.6 is 0 Å². The van der Waals surface area contributed by atoms with Gasteiger partial charge < -0.3 is 19.5 Å². The normalized spacial score (nSPS) is 37.1. The summed E-state index contributed by atoms with van der Waals surface area (Å²) < 4.78 is 17.8. The molecular weight excluding hydrogens is 322 g/mol. The predicted molar refractivity (Wildman–Crippen MR) is 87.9 cm³/mol. The second kappa shape index (κ2) is 4.75. The zero-order valence-corrected chi connectivity index (χ0v) is 14.4. The molecule has 2 bridgehead atoms. The largest absolute Gasteiger partial charge is 0.493 e. The van der Waals surface area contributed by atoms with Crippen LogP contribution in [0.1, 0.15) is 37.3 Å². The summed E-state index contributed by atoms with van der Waals surface area (Å²) in [6.45, 7) is 2.22. The topological polar surface area (TPSA) is 73.9 Å². The standard InChI is InChI=1S/C19H21NO5/c1-10(21)25-19-6-5-12(22)17-18(19)7-8-20-14(19)9-11-3-4-13(23-2)16(24-17)15(11)18/h3-4,14,17,20H,5-9H2,1-2H3/t14-,17+,18+,19+/m1/s1. The lowest BCUT2D eigenvalue weighted by Gasteiger charge is -2.61. The fraction of sp³-hybridized carbons (Fsp3) is 0.579. The predicted octanol–water partition coefficient (Wildman–Crippen LogP) is 1.28. The van der Waals surface area contributed by atoms with Gasteiger partial charge in [-0.05, 0) is 37.4 Å². The number of ether oxygens (including phenoxy) is 3. The fourth-order valence-corrected chi connectivity index (χ4v) is 5.82. The molecule has 25 heavy (non-hydrogen) atoms. The average molecular weight is 343 g/mol. The summed E-state index contributed by atoms with van der Waals surface area (Å²) in [6, 6.07) is 3.96. The Morgan fingerprint density at radius 1 is 1.36 bits per heavy atom. The summed E-state index contributed by atoms with van der Waals surface area (Å²) in [5, 5.41) is 3.54. The van der Waals surface area contributed by atoms with Crippen LogP contribution in [0.25, 0.3) is 0 Å². The van der Waals surface area contributed by atoms with Gasteiger partial charge in [-0.15, -0.1) is 0 Å². The van der Waals surface area contributed by atoms with Crippen LogP contribution < -0.4 is 14.8 Å². The van der Waals surface area contributed by atoms with Gasteiger partial charge in [-0.3, -0.25) is 9.59 Å². The van der Waals surface area contributed by atoms with Crippen molar-refractivity contribution < 1.29 is 23.8 Å². The van der Waals surface area contributed by atoms with E-state index in [0.29, 0.717) is 30.8 Å². The van der Waals surface area contributed by atoms with E-state index in [4.69, 9.17) is 14.2 Å². The number of hydrogen-bond donors (Lipinski definition) is 1. The highest BCUT2D eigenvalue weighted by molar-refractivity contribution is 5.90. The van der Waals surface area contributed by atoms with Crippen LogP contribution in [-0.2, 0) is 26.2 Å². The van der Waals surface area contributed by atoms with Crippen LogP contribution in [0.15, 0.2) is 12.1 Å². The fourth-order valence-electron chi connectivity index (χ4n) is 5.82. The molecule has 2 heterocycles. The Morgan fingerprint density at radius 2 is 2.20 bits per heavy atom. The lowest BCUT2D eigenvalue weighted by atomic mass is 9.49. The SMILES string of the molecule is COc1ccc2c3c1O[C@H]1C(=O)CC[C@]4(OC(C)=O)[C@@H](C2)NCC[C@]314. The van der Waals surface area contributed by atoms with Gasteiger partial charge in [0.2, 0.25) is 0 Å². The summed E-state index contributed by atoms with van der Waals surface area (Å²) in [6.07, 6.45) is 1.77. The van der Waals surface area contributed by atoms with Crippen LogP contribution in [-0.4, -0.2) is 43.2 Å². The van der Waals surface area contributed by atoms with Crippen molar-refractivity contribution in [2.24, 2.45) is 0 Å². The van der Waals surface area contributed by atoms with E-state index in [2.05, 4.69) is 11.4 Å². The Morgan fingerprint density at radius 3 is 2.96 bits per heavy atom. The van der Waals surface area contributed by atoms with Gasteiger partial charge in [0.1, 0.15) is 5.60 Å². The van der Waals surface area contributed by atoms with Gasteiger partial charge in [0.25, 0.3) is 0 Å². The van der Waals surface area contributed by atoms with Gasteiger partial charge in [-0.2, -0.15) is 0 Å². The van der Waals surface area contributed by atoms with Crippen LogP contribution in [0, 0.1) is 0 Å². The molecule has 1 aromatic carbocycles. The monoisotopic (exact) mass is 343 g/mol. The third kappa shape index (κ3) is 1.59. The summed E-state index contributed by atoms with van der Waals surface area (Å²) in [5.74, 6) is 1.09. The number of Topliss-reactive ketones (excluding diaryl/α,β-unsaturated/α-hetero) is 1. The lowest BCUT2D eigenvalue weighted by Crippen LogP contribution is -2.77. The molecule has 2 fully saturated rings. The molecule has 1 aromatic rings. The molecule has 4 atom stereocenters. The minimum Gasteiger partial charge on any atom is -0.493 e. The van der Waals surface area contributed by atoms with Crippen molar-refractivity contribution in [2.45, 2.75) is 55.8 Å². The number of nitrogens with one attached hydrogen (secondary N) is 1. The number of carbonyl (C=O) groups is 2. The number of methoxy groups -OCH3 is 1. The van der Waals surface area contributed by atoms with E-state index >= 15 is 0 Å². The molecule has 0 aromatic heterocycles. The molecule has 0 amide bonds. The summed E-state index contributed by atoms with van der Waals surface area (Å²) >= 11 is 0. The molecule has 2 aliphatic carbocycles. The molecule has 1 saturated carbocycles. The Bertz CT molecular complexity index is 805. The summed E-state index contributed by atoms with van der Waals surface area (Å²) in [5.41, 5.74) is 0.846. The van der Waals surface area contributed by atoms with Gasteiger partial charge in [0, 0.05) is 18.9 Å². The zero-order valence-electron chi connectivity index (χ0n) is 14.4. The van der Waals surface area contributed by atoms with E-state index < -0.39 is 17.1 Å². The number of esters is 1. The van der Waals surface area contributed by atoms with Crippen LogP contribution in [0.5, 0.6) is 11.5 Å². The van der Waals surface area contributed by atoms with Crippen molar-refractivity contribution in [3.63, 3.8) is 0 Å². The van der Waals surface area contributed by atoms with E-state index in [1.165, 1.54) is 6.92 Å². The number of hydrogen-bond acceptors (Lipinski definition) is 6. The lowest BCUT2D eigenvalue weighted by molar-refractivity contribution is -0.197. The first kappa shape index (κ1) is 15.2. The minimum atomic E-state index is -0.736. The second-order valence-electron chi connectivity index (χ2n) is 7.51. The maximum Gasteiger partial charge on any atom is 0.303 e. The highest BCUT2D eigenvalue weighted by atomic mass is 16.6. The molecule has 1 saturated heterocycles. The van der Waals surface area contributed by atoms with E-state index in [-0.39, 0.29) is 17.8 Å². The molecule has 1 spiro atoms. The third-order valence-corrected chi connectivity index (χ3v) is 6.57. The third-order valence-electron chi connectivity index (χ3n) is 6.57. The van der Waals surface area contributed by atoms with Gasteiger partial charge in [0.05, 0.1) is 18.6 Å². The van der Waals surface area contributed by atoms with Crippen LogP contribution in [0.3, 0.4) is 0 Å². The molecule has 0 unspecified atom stereocenters. The summed E-state index contributed by atoms with van der Waals surface area (Å²) in [7, 11) is 1.61.